The number of carbonyl (C=O) groups excluding carboxylic acids is 1. The molecule has 0 aromatic heterocycles. The summed E-state index contributed by atoms with van der Waals surface area (Å²) in [5, 5.41) is 11.9. The predicted molar refractivity (Wildman–Crippen MR) is 87.0 cm³/mol. The molecule has 0 bridgehead atoms. The Kier molecular flexibility index (Phi) is 4.76. The zero-order chi connectivity index (χ0) is 17.2. The van der Waals surface area contributed by atoms with E-state index in [0.29, 0.717) is 26.2 Å². The number of amides is 1. The van der Waals surface area contributed by atoms with Crippen molar-refractivity contribution >= 4 is 11.9 Å². The highest BCUT2D eigenvalue weighted by atomic mass is 16.5. The van der Waals surface area contributed by atoms with Gasteiger partial charge in [-0.05, 0) is 37.0 Å². The monoisotopic (exact) mass is 333 g/mol. The van der Waals surface area contributed by atoms with Gasteiger partial charge in [0.15, 0.2) is 0 Å². The molecule has 2 fully saturated rings. The van der Waals surface area contributed by atoms with Crippen molar-refractivity contribution in [2.45, 2.75) is 24.7 Å². The lowest BCUT2D eigenvalue weighted by Gasteiger charge is -2.38. The lowest BCUT2D eigenvalue weighted by atomic mass is 9.74. The van der Waals surface area contributed by atoms with Crippen molar-refractivity contribution in [3.05, 3.63) is 29.8 Å². The molecule has 0 unspecified atom stereocenters. The van der Waals surface area contributed by atoms with E-state index in [1.165, 1.54) is 0 Å². The largest absolute Gasteiger partial charge is 0.497 e. The van der Waals surface area contributed by atoms with Crippen LogP contribution in [0.3, 0.4) is 0 Å². The van der Waals surface area contributed by atoms with Crippen molar-refractivity contribution in [3.8, 4) is 5.75 Å². The summed E-state index contributed by atoms with van der Waals surface area (Å²) in [4.78, 5) is 23.1. The van der Waals surface area contributed by atoms with E-state index >= 15 is 0 Å². The van der Waals surface area contributed by atoms with E-state index < -0.39 is 11.9 Å². The third kappa shape index (κ3) is 3.38. The molecule has 6 heteroatoms. The minimum Gasteiger partial charge on any atom is -0.497 e. The fraction of sp³-hybridized carbons (Fsp3) is 0.556. The summed E-state index contributed by atoms with van der Waals surface area (Å²) in [5.74, 6) is -1.13. The lowest BCUT2D eigenvalue weighted by molar-refractivity contribution is -0.140. The van der Waals surface area contributed by atoms with Crippen LogP contribution in [0.5, 0.6) is 5.75 Å². The Morgan fingerprint density at radius 2 is 1.92 bits per heavy atom. The average Bonchev–Trinajstić information content (AvgIpc) is 3.42. The van der Waals surface area contributed by atoms with Gasteiger partial charge in [-0.1, -0.05) is 12.1 Å². The predicted octanol–water partition coefficient (Wildman–Crippen LogP) is 1.58. The van der Waals surface area contributed by atoms with Crippen LogP contribution in [0.2, 0.25) is 0 Å². The first-order chi connectivity index (χ1) is 11.6. The van der Waals surface area contributed by atoms with Gasteiger partial charge in [0.2, 0.25) is 5.91 Å². The average molecular weight is 333 g/mol. The molecule has 1 aliphatic heterocycles. The Balaban J connectivity index is 1.69. The molecule has 0 spiro atoms. The van der Waals surface area contributed by atoms with Gasteiger partial charge in [-0.2, -0.15) is 0 Å². The van der Waals surface area contributed by atoms with E-state index in [-0.39, 0.29) is 17.2 Å². The zero-order valence-corrected chi connectivity index (χ0v) is 13.8. The van der Waals surface area contributed by atoms with Gasteiger partial charge in [-0.15, -0.1) is 0 Å². The number of carboxylic acid groups (broad SMARTS) is 1. The zero-order valence-electron chi connectivity index (χ0n) is 13.8. The van der Waals surface area contributed by atoms with Gasteiger partial charge in [0, 0.05) is 25.2 Å². The third-order valence-electron chi connectivity index (χ3n) is 5.20. The number of methoxy groups -OCH3 is 1. The van der Waals surface area contributed by atoms with Gasteiger partial charge in [0.25, 0.3) is 0 Å². The fourth-order valence-corrected chi connectivity index (χ4v) is 3.42. The van der Waals surface area contributed by atoms with Crippen LogP contribution in [0, 0.1) is 11.8 Å². The van der Waals surface area contributed by atoms with Crippen molar-refractivity contribution < 1.29 is 24.2 Å². The maximum atomic E-state index is 12.2. The van der Waals surface area contributed by atoms with E-state index in [0.717, 1.165) is 24.2 Å². The SMILES string of the molecule is COc1ccc(C2(CNC(=O)[C@@H]3C[C@@H]3C(=O)O)CCOCC2)cc1. The minimum absolute atomic E-state index is 0.151. The van der Waals surface area contributed by atoms with Gasteiger partial charge in [-0.25, -0.2) is 0 Å². The third-order valence-corrected chi connectivity index (χ3v) is 5.20. The molecule has 0 radical (unpaired) electrons. The topological polar surface area (TPSA) is 84.9 Å². The van der Waals surface area contributed by atoms with E-state index in [4.69, 9.17) is 14.6 Å². The van der Waals surface area contributed by atoms with Gasteiger partial charge in [0.05, 0.1) is 18.9 Å². The Bertz CT molecular complexity index is 606. The molecule has 1 aliphatic carbocycles. The maximum absolute atomic E-state index is 12.2. The van der Waals surface area contributed by atoms with E-state index in [2.05, 4.69) is 5.32 Å². The molecule has 2 aliphatic rings. The number of carbonyl (C=O) groups is 2. The molecule has 2 atom stereocenters. The molecule has 1 saturated heterocycles. The first kappa shape index (κ1) is 16.8. The van der Waals surface area contributed by atoms with Crippen LogP contribution in [-0.4, -0.2) is 43.9 Å². The standard InChI is InChI=1S/C18H23NO5/c1-23-13-4-2-12(3-5-13)18(6-8-24-9-7-18)11-19-16(20)14-10-15(14)17(21)22/h2-5,14-15H,6-11H2,1H3,(H,19,20)(H,21,22)/t14-,15+/m1/s1. The maximum Gasteiger partial charge on any atom is 0.307 e. The van der Waals surface area contributed by atoms with E-state index in [1.807, 2.05) is 24.3 Å². The van der Waals surface area contributed by atoms with Crippen molar-refractivity contribution in [2.75, 3.05) is 26.9 Å². The molecule has 3 rings (SSSR count). The molecular formula is C18H23NO5. The van der Waals surface area contributed by atoms with Crippen molar-refractivity contribution in [3.63, 3.8) is 0 Å². The van der Waals surface area contributed by atoms with Crippen LogP contribution in [0.25, 0.3) is 0 Å². The van der Waals surface area contributed by atoms with Crippen molar-refractivity contribution in [2.24, 2.45) is 11.8 Å². The summed E-state index contributed by atoms with van der Waals surface area (Å²) >= 11 is 0. The molecule has 1 saturated carbocycles. The Morgan fingerprint density at radius 3 is 2.46 bits per heavy atom. The second-order valence-electron chi connectivity index (χ2n) is 6.63. The molecular weight excluding hydrogens is 310 g/mol. The Labute approximate surface area is 141 Å². The minimum atomic E-state index is -0.883. The first-order valence-corrected chi connectivity index (χ1v) is 8.28. The van der Waals surface area contributed by atoms with E-state index in [9.17, 15) is 9.59 Å². The Morgan fingerprint density at radius 1 is 1.25 bits per heavy atom. The van der Waals surface area contributed by atoms with Crippen molar-refractivity contribution in [1.82, 2.24) is 5.32 Å². The molecule has 130 valence electrons. The van der Waals surface area contributed by atoms with E-state index in [1.54, 1.807) is 7.11 Å². The molecule has 1 aromatic carbocycles. The molecule has 2 N–H and O–H groups in total. The van der Waals surface area contributed by atoms with Crippen molar-refractivity contribution in [1.29, 1.82) is 0 Å². The number of benzene rings is 1. The summed E-state index contributed by atoms with van der Waals surface area (Å²) < 4.78 is 10.7. The van der Waals surface area contributed by atoms with Crippen LogP contribution in [-0.2, 0) is 19.7 Å². The number of hydrogen-bond donors (Lipinski definition) is 2. The summed E-state index contributed by atoms with van der Waals surface area (Å²) in [6.07, 6.45) is 2.10. The highest BCUT2D eigenvalue weighted by molar-refractivity contribution is 5.89. The molecule has 1 aromatic rings. The molecule has 1 amide bonds. The smallest absolute Gasteiger partial charge is 0.307 e. The van der Waals surface area contributed by atoms with Gasteiger partial charge in [-0.3, -0.25) is 9.59 Å². The molecule has 6 nitrogen and oxygen atoms in total. The van der Waals surface area contributed by atoms with Crippen LogP contribution in [0.15, 0.2) is 24.3 Å². The fourth-order valence-electron chi connectivity index (χ4n) is 3.42. The van der Waals surface area contributed by atoms with Crippen LogP contribution < -0.4 is 10.1 Å². The quantitative estimate of drug-likeness (QED) is 0.826. The Hall–Kier alpha value is -2.08. The highest BCUT2D eigenvalue weighted by Crippen LogP contribution is 2.40. The van der Waals surface area contributed by atoms with Gasteiger partial charge >= 0.3 is 5.97 Å². The molecule has 1 heterocycles. The summed E-state index contributed by atoms with van der Waals surface area (Å²) in [5.41, 5.74) is 0.978. The second kappa shape index (κ2) is 6.81. The summed E-state index contributed by atoms with van der Waals surface area (Å²) in [6.45, 7) is 1.82. The first-order valence-electron chi connectivity index (χ1n) is 8.28. The summed E-state index contributed by atoms with van der Waals surface area (Å²) in [6, 6.07) is 7.92. The second-order valence-corrected chi connectivity index (χ2v) is 6.63. The van der Waals surface area contributed by atoms with Crippen LogP contribution in [0.4, 0.5) is 0 Å². The normalized spacial score (nSPS) is 24.9. The number of aliphatic carboxylic acids is 1. The van der Waals surface area contributed by atoms with Crippen LogP contribution in [0.1, 0.15) is 24.8 Å². The lowest BCUT2D eigenvalue weighted by Crippen LogP contribution is -2.45. The number of rotatable bonds is 6. The number of ether oxygens (including phenoxy) is 2. The number of carboxylic acids is 1. The van der Waals surface area contributed by atoms with Gasteiger partial charge < -0.3 is 19.9 Å². The van der Waals surface area contributed by atoms with Gasteiger partial charge in [0.1, 0.15) is 5.75 Å². The number of nitrogens with one attached hydrogen (secondary N) is 1. The number of hydrogen-bond acceptors (Lipinski definition) is 4. The highest BCUT2D eigenvalue weighted by Gasteiger charge is 2.48. The van der Waals surface area contributed by atoms with Crippen LogP contribution >= 0.6 is 0 Å². The summed E-state index contributed by atoms with van der Waals surface area (Å²) in [7, 11) is 1.63. The molecule has 24 heavy (non-hydrogen) atoms.